The third-order valence-electron chi connectivity index (χ3n) is 3.72. The Morgan fingerprint density at radius 2 is 2.05 bits per heavy atom. The molecular formula is C16H24N2O3. The number of likely N-dealkylation sites (tertiary alicyclic amines) is 1. The Balaban J connectivity index is 1.80. The first kappa shape index (κ1) is 15.6. The number of hydrogen-bond acceptors (Lipinski definition) is 4. The molecule has 0 saturated carbocycles. The fraction of sp³-hybridized carbons (Fsp3) is 0.562. The summed E-state index contributed by atoms with van der Waals surface area (Å²) >= 11 is 0. The van der Waals surface area contributed by atoms with E-state index in [0.29, 0.717) is 13.2 Å². The third-order valence-corrected chi connectivity index (χ3v) is 3.72. The molecule has 1 aliphatic rings. The summed E-state index contributed by atoms with van der Waals surface area (Å²) in [5, 5.41) is 0. The van der Waals surface area contributed by atoms with E-state index in [4.69, 9.17) is 15.2 Å². The summed E-state index contributed by atoms with van der Waals surface area (Å²) in [5.41, 5.74) is 5.39. The first-order chi connectivity index (χ1) is 10.2. The van der Waals surface area contributed by atoms with Gasteiger partial charge in [0.25, 0.3) is 0 Å². The van der Waals surface area contributed by atoms with E-state index in [0.717, 1.165) is 44.0 Å². The topological polar surface area (TPSA) is 64.8 Å². The van der Waals surface area contributed by atoms with Crippen molar-refractivity contribution in [3.05, 3.63) is 24.3 Å². The molecule has 21 heavy (non-hydrogen) atoms. The summed E-state index contributed by atoms with van der Waals surface area (Å²) in [5.74, 6) is 1.33. The van der Waals surface area contributed by atoms with E-state index in [9.17, 15) is 4.79 Å². The minimum absolute atomic E-state index is 0.0190. The van der Waals surface area contributed by atoms with Crippen molar-refractivity contribution in [1.82, 2.24) is 4.90 Å². The highest BCUT2D eigenvalue weighted by atomic mass is 16.5. The molecule has 116 valence electrons. The van der Waals surface area contributed by atoms with Crippen molar-refractivity contribution in [3.8, 4) is 11.5 Å². The molecule has 0 aliphatic carbocycles. The molecule has 0 radical (unpaired) electrons. The molecule has 0 bridgehead atoms. The van der Waals surface area contributed by atoms with Crippen LogP contribution in [0.1, 0.15) is 19.8 Å². The maximum absolute atomic E-state index is 11.3. The highest BCUT2D eigenvalue weighted by Crippen LogP contribution is 2.26. The highest BCUT2D eigenvalue weighted by molar-refractivity contribution is 5.76. The molecule has 2 rings (SSSR count). The van der Waals surface area contributed by atoms with Crippen LogP contribution in [0.25, 0.3) is 0 Å². The van der Waals surface area contributed by atoms with E-state index < -0.39 is 0 Å². The molecule has 1 heterocycles. The van der Waals surface area contributed by atoms with Gasteiger partial charge in [-0.1, -0.05) is 12.1 Å². The van der Waals surface area contributed by atoms with Crippen LogP contribution >= 0.6 is 0 Å². The Bertz CT molecular complexity index is 465. The van der Waals surface area contributed by atoms with Crippen molar-refractivity contribution < 1.29 is 14.3 Å². The molecule has 5 nitrogen and oxygen atoms in total. The van der Waals surface area contributed by atoms with Crippen LogP contribution in [-0.2, 0) is 4.79 Å². The first-order valence-corrected chi connectivity index (χ1v) is 7.57. The van der Waals surface area contributed by atoms with Crippen molar-refractivity contribution in [1.29, 1.82) is 0 Å². The van der Waals surface area contributed by atoms with Crippen LogP contribution in [0, 0.1) is 5.92 Å². The maximum atomic E-state index is 11.3. The number of hydrogen-bond donors (Lipinski definition) is 1. The van der Waals surface area contributed by atoms with Crippen LogP contribution in [0.5, 0.6) is 11.5 Å². The monoisotopic (exact) mass is 292 g/mol. The zero-order chi connectivity index (χ0) is 15.1. The first-order valence-electron chi connectivity index (χ1n) is 7.57. The predicted molar refractivity (Wildman–Crippen MR) is 81.5 cm³/mol. The fourth-order valence-corrected chi connectivity index (χ4v) is 2.62. The molecule has 1 fully saturated rings. The van der Waals surface area contributed by atoms with E-state index in [1.807, 2.05) is 31.2 Å². The summed E-state index contributed by atoms with van der Waals surface area (Å²) in [6.45, 7) is 5.69. The molecule has 1 aromatic carbocycles. The Morgan fingerprint density at radius 1 is 1.33 bits per heavy atom. The number of carbonyl (C=O) groups is 1. The summed E-state index contributed by atoms with van der Waals surface area (Å²) < 4.78 is 11.3. The standard InChI is InChI=1S/C16H24N2O3/c1-2-20-14-7-3-4-8-15(14)21-11-10-18-9-5-6-13(12-18)16(17)19/h3-4,7-8,13H,2,5-6,9-12H2,1H3,(H2,17,19). The number of primary amides is 1. The zero-order valence-electron chi connectivity index (χ0n) is 12.6. The van der Waals surface area contributed by atoms with E-state index in [2.05, 4.69) is 4.90 Å². The van der Waals surface area contributed by atoms with Crippen LogP contribution < -0.4 is 15.2 Å². The van der Waals surface area contributed by atoms with Gasteiger partial charge in [-0.05, 0) is 38.4 Å². The van der Waals surface area contributed by atoms with Gasteiger partial charge in [0.2, 0.25) is 5.91 Å². The zero-order valence-corrected chi connectivity index (χ0v) is 12.6. The smallest absolute Gasteiger partial charge is 0.221 e. The van der Waals surface area contributed by atoms with Crippen LogP contribution in [-0.4, -0.2) is 43.7 Å². The highest BCUT2D eigenvalue weighted by Gasteiger charge is 2.23. The van der Waals surface area contributed by atoms with Crippen LogP contribution in [0.4, 0.5) is 0 Å². The average Bonchev–Trinajstić information content (AvgIpc) is 2.49. The Hall–Kier alpha value is -1.75. The summed E-state index contributed by atoms with van der Waals surface area (Å²) in [6, 6.07) is 7.68. The summed E-state index contributed by atoms with van der Waals surface area (Å²) in [4.78, 5) is 13.5. The van der Waals surface area contributed by atoms with Crippen molar-refractivity contribution >= 4 is 5.91 Å². The Morgan fingerprint density at radius 3 is 2.71 bits per heavy atom. The normalized spacial score (nSPS) is 19.2. The minimum atomic E-state index is -0.192. The Labute approximate surface area is 126 Å². The van der Waals surface area contributed by atoms with E-state index in [1.165, 1.54) is 0 Å². The van der Waals surface area contributed by atoms with Crippen molar-refractivity contribution in [2.75, 3.05) is 32.8 Å². The lowest BCUT2D eigenvalue weighted by molar-refractivity contribution is -0.123. The number of ether oxygens (including phenoxy) is 2. The molecule has 0 aromatic heterocycles. The summed E-state index contributed by atoms with van der Waals surface area (Å²) in [6.07, 6.45) is 1.92. The second-order valence-corrected chi connectivity index (χ2v) is 5.27. The number of nitrogens with two attached hydrogens (primary N) is 1. The van der Waals surface area contributed by atoms with E-state index in [1.54, 1.807) is 0 Å². The molecule has 1 saturated heterocycles. The van der Waals surface area contributed by atoms with E-state index >= 15 is 0 Å². The summed E-state index contributed by atoms with van der Waals surface area (Å²) in [7, 11) is 0. The number of nitrogens with zero attached hydrogens (tertiary/aromatic N) is 1. The van der Waals surface area contributed by atoms with Gasteiger partial charge in [-0.25, -0.2) is 0 Å². The van der Waals surface area contributed by atoms with Gasteiger partial charge in [-0.15, -0.1) is 0 Å². The van der Waals surface area contributed by atoms with Gasteiger partial charge in [-0.3, -0.25) is 9.69 Å². The lowest BCUT2D eigenvalue weighted by Gasteiger charge is -2.30. The van der Waals surface area contributed by atoms with Crippen LogP contribution in [0.2, 0.25) is 0 Å². The van der Waals surface area contributed by atoms with Gasteiger partial charge >= 0.3 is 0 Å². The number of piperidine rings is 1. The largest absolute Gasteiger partial charge is 0.490 e. The number of para-hydroxylation sites is 2. The molecule has 1 amide bonds. The van der Waals surface area contributed by atoms with E-state index in [-0.39, 0.29) is 11.8 Å². The molecule has 1 aliphatic heterocycles. The van der Waals surface area contributed by atoms with Crippen molar-refractivity contribution in [2.45, 2.75) is 19.8 Å². The molecule has 1 aromatic rings. The quantitative estimate of drug-likeness (QED) is 0.830. The number of rotatable bonds is 7. The van der Waals surface area contributed by atoms with Crippen LogP contribution in [0.15, 0.2) is 24.3 Å². The second-order valence-electron chi connectivity index (χ2n) is 5.27. The number of carbonyl (C=O) groups excluding carboxylic acids is 1. The van der Waals surface area contributed by atoms with Crippen molar-refractivity contribution in [2.24, 2.45) is 11.7 Å². The average molecular weight is 292 g/mol. The molecule has 1 atom stereocenters. The van der Waals surface area contributed by atoms with Gasteiger partial charge < -0.3 is 15.2 Å². The number of amides is 1. The lowest BCUT2D eigenvalue weighted by atomic mass is 9.98. The van der Waals surface area contributed by atoms with Gasteiger partial charge in [0.15, 0.2) is 11.5 Å². The lowest BCUT2D eigenvalue weighted by Crippen LogP contribution is -2.42. The minimum Gasteiger partial charge on any atom is -0.490 e. The van der Waals surface area contributed by atoms with Gasteiger partial charge in [0.1, 0.15) is 6.61 Å². The van der Waals surface area contributed by atoms with Gasteiger partial charge in [0, 0.05) is 13.1 Å². The third kappa shape index (κ3) is 4.63. The maximum Gasteiger partial charge on any atom is 0.221 e. The molecule has 1 unspecified atom stereocenters. The number of benzene rings is 1. The molecule has 2 N–H and O–H groups in total. The van der Waals surface area contributed by atoms with Gasteiger partial charge in [-0.2, -0.15) is 0 Å². The van der Waals surface area contributed by atoms with Gasteiger partial charge in [0.05, 0.1) is 12.5 Å². The molecule has 5 heteroatoms. The van der Waals surface area contributed by atoms with Crippen molar-refractivity contribution in [3.63, 3.8) is 0 Å². The second kappa shape index (κ2) is 7.88. The van der Waals surface area contributed by atoms with Crippen LogP contribution in [0.3, 0.4) is 0 Å². The SMILES string of the molecule is CCOc1ccccc1OCCN1CCCC(C(N)=O)C1. The Kier molecular flexibility index (Phi) is 5.87. The molecule has 0 spiro atoms. The molecular weight excluding hydrogens is 268 g/mol. The predicted octanol–water partition coefficient (Wildman–Crippen LogP) is 1.66. The fourth-order valence-electron chi connectivity index (χ4n) is 2.62.